The standard InChI is InChI=1S/C23H31ClN4O3/c1-5-18(24)16-25-17(3)26-19-14-20(27-23(29)6-2)22(15-21(19)30-4)31-13-12-28-10-8-7-9-11-28/h5-6,14-16,26H,2-3,7-13H2,1,4H3,(H,27,29)/b18-5+,25-16?. The zero-order chi connectivity index (χ0) is 22.6. The molecule has 1 saturated heterocycles. The van der Waals surface area contributed by atoms with Gasteiger partial charge in [-0.3, -0.25) is 9.69 Å². The summed E-state index contributed by atoms with van der Waals surface area (Å²) in [5.74, 6) is 1.06. The van der Waals surface area contributed by atoms with Crippen LogP contribution in [0.4, 0.5) is 11.4 Å². The molecule has 7 nitrogen and oxygen atoms in total. The average Bonchev–Trinajstić information content (AvgIpc) is 2.79. The number of ether oxygens (including phenoxy) is 2. The normalized spacial score (nSPS) is 14.9. The number of rotatable bonds is 11. The number of piperidine rings is 1. The fourth-order valence-electron chi connectivity index (χ4n) is 3.10. The topological polar surface area (TPSA) is 75.2 Å². The Bertz CT molecular complexity index is 845. The van der Waals surface area contributed by atoms with Gasteiger partial charge in [0.05, 0.1) is 23.5 Å². The average molecular weight is 447 g/mol. The zero-order valence-electron chi connectivity index (χ0n) is 18.2. The number of methoxy groups -OCH3 is 1. The number of hydrogen-bond acceptors (Lipinski definition) is 6. The van der Waals surface area contributed by atoms with Crippen molar-refractivity contribution in [1.29, 1.82) is 0 Å². The van der Waals surface area contributed by atoms with Gasteiger partial charge < -0.3 is 20.1 Å². The number of allylic oxidation sites excluding steroid dienone is 2. The van der Waals surface area contributed by atoms with Gasteiger partial charge in [0.25, 0.3) is 0 Å². The summed E-state index contributed by atoms with van der Waals surface area (Å²) in [4.78, 5) is 18.5. The van der Waals surface area contributed by atoms with Crippen molar-refractivity contribution in [1.82, 2.24) is 4.90 Å². The Morgan fingerprint density at radius 3 is 2.58 bits per heavy atom. The number of carbonyl (C=O) groups excluding carboxylic acids is 1. The van der Waals surface area contributed by atoms with E-state index in [1.54, 1.807) is 25.3 Å². The number of nitrogens with one attached hydrogen (secondary N) is 2. The lowest BCUT2D eigenvalue weighted by molar-refractivity contribution is -0.111. The number of amides is 1. The van der Waals surface area contributed by atoms with Crippen LogP contribution in [0, 0.1) is 0 Å². The van der Waals surface area contributed by atoms with Crippen molar-refractivity contribution in [3.8, 4) is 11.5 Å². The molecule has 0 saturated carbocycles. The van der Waals surface area contributed by atoms with Crippen molar-refractivity contribution in [2.45, 2.75) is 26.2 Å². The smallest absolute Gasteiger partial charge is 0.247 e. The van der Waals surface area contributed by atoms with Crippen LogP contribution >= 0.6 is 11.6 Å². The first kappa shape index (κ1) is 24.5. The Balaban J connectivity index is 2.19. The molecule has 168 valence electrons. The van der Waals surface area contributed by atoms with E-state index < -0.39 is 0 Å². The molecular weight excluding hydrogens is 416 g/mol. The van der Waals surface area contributed by atoms with E-state index in [4.69, 9.17) is 21.1 Å². The monoisotopic (exact) mass is 446 g/mol. The van der Waals surface area contributed by atoms with Crippen LogP contribution in [0.15, 0.2) is 53.3 Å². The number of aliphatic imine (C=N–C) groups is 1. The first-order valence-corrected chi connectivity index (χ1v) is 10.7. The fourth-order valence-corrected chi connectivity index (χ4v) is 3.15. The first-order chi connectivity index (χ1) is 15.0. The molecule has 1 aromatic rings. The summed E-state index contributed by atoms with van der Waals surface area (Å²) in [7, 11) is 1.56. The van der Waals surface area contributed by atoms with Crippen LogP contribution in [0.1, 0.15) is 26.2 Å². The van der Waals surface area contributed by atoms with Gasteiger partial charge >= 0.3 is 0 Å². The predicted molar refractivity (Wildman–Crippen MR) is 128 cm³/mol. The van der Waals surface area contributed by atoms with Crippen molar-refractivity contribution in [3.05, 3.63) is 48.3 Å². The molecular formula is C23H31ClN4O3. The van der Waals surface area contributed by atoms with Crippen molar-refractivity contribution < 1.29 is 14.3 Å². The third-order valence-electron chi connectivity index (χ3n) is 4.76. The molecule has 1 aliphatic rings. The summed E-state index contributed by atoms with van der Waals surface area (Å²) in [6, 6.07) is 3.45. The number of benzene rings is 1. The molecule has 1 aliphatic heterocycles. The van der Waals surface area contributed by atoms with Gasteiger partial charge in [-0.2, -0.15) is 0 Å². The molecule has 2 rings (SSSR count). The van der Waals surface area contributed by atoms with E-state index in [1.807, 2.05) is 6.92 Å². The zero-order valence-corrected chi connectivity index (χ0v) is 19.0. The van der Waals surface area contributed by atoms with Crippen LogP contribution in [-0.4, -0.2) is 50.4 Å². The van der Waals surface area contributed by atoms with Crippen molar-refractivity contribution >= 4 is 35.1 Å². The molecule has 1 amide bonds. The molecule has 0 atom stereocenters. The van der Waals surface area contributed by atoms with Crippen molar-refractivity contribution in [3.63, 3.8) is 0 Å². The summed E-state index contributed by atoms with van der Waals surface area (Å²) in [6.45, 7) is 12.7. The van der Waals surface area contributed by atoms with Gasteiger partial charge in [-0.15, -0.1) is 0 Å². The molecule has 0 bridgehead atoms. The van der Waals surface area contributed by atoms with E-state index in [-0.39, 0.29) is 5.91 Å². The number of hydrogen-bond donors (Lipinski definition) is 2. The Labute approximate surface area is 189 Å². The highest BCUT2D eigenvalue weighted by Gasteiger charge is 2.15. The number of nitrogens with zero attached hydrogens (tertiary/aromatic N) is 2. The van der Waals surface area contributed by atoms with Crippen molar-refractivity contribution in [2.75, 3.05) is 44.0 Å². The summed E-state index contributed by atoms with van der Waals surface area (Å²) >= 11 is 5.94. The van der Waals surface area contributed by atoms with Gasteiger partial charge in [-0.1, -0.05) is 37.3 Å². The third-order valence-corrected chi connectivity index (χ3v) is 5.07. The Hall–Kier alpha value is -2.77. The highest BCUT2D eigenvalue weighted by Crippen LogP contribution is 2.37. The van der Waals surface area contributed by atoms with Crippen LogP contribution in [0.3, 0.4) is 0 Å². The molecule has 2 N–H and O–H groups in total. The number of halogens is 1. The molecule has 0 aromatic heterocycles. The minimum absolute atomic E-state index is 0.339. The quantitative estimate of drug-likeness (QED) is 0.378. The Kier molecular flexibility index (Phi) is 10.1. The van der Waals surface area contributed by atoms with E-state index in [9.17, 15) is 4.79 Å². The second kappa shape index (κ2) is 12.8. The van der Waals surface area contributed by atoms with E-state index in [2.05, 4.69) is 33.7 Å². The summed E-state index contributed by atoms with van der Waals surface area (Å²) < 4.78 is 11.5. The summed E-state index contributed by atoms with van der Waals surface area (Å²) in [5.41, 5.74) is 1.07. The van der Waals surface area contributed by atoms with Gasteiger partial charge in [0.1, 0.15) is 23.9 Å². The summed E-state index contributed by atoms with van der Waals surface area (Å²) in [6.07, 6.45) is 8.15. The summed E-state index contributed by atoms with van der Waals surface area (Å²) in [5, 5.41) is 6.34. The molecule has 1 aromatic carbocycles. The molecule has 31 heavy (non-hydrogen) atoms. The maximum Gasteiger partial charge on any atom is 0.247 e. The Morgan fingerprint density at radius 2 is 1.94 bits per heavy atom. The molecule has 1 heterocycles. The van der Waals surface area contributed by atoms with Gasteiger partial charge in [0, 0.05) is 18.8 Å². The minimum Gasteiger partial charge on any atom is -0.494 e. The maximum atomic E-state index is 11.9. The van der Waals surface area contributed by atoms with Crippen LogP contribution in [0.2, 0.25) is 0 Å². The lowest BCUT2D eigenvalue weighted by atomic mass is 10.1. The highest BCUT2D eigenvalue weighted by atomic mass is 35.5. The largest absolute Gasteiger partial charge is 0.494 e. The molecule has 0 radical (unpaired) electrons. The second-order valence-corrected chi connectivity index (χ2v) is 7.43. The maximum absolute atomic E-state index is 11.9. The number of likely N-dealkylation sites (tertiary alicyclic amines) is 1. The van der Waals surface area contributed by atoms with E-state index >= 15 is 0 Å². The van der Waals surface area contributed by atoms with E-state index in [1.165, 1.54) is 31.6 Å². The second-order valence-electron chi connectivity index (χ2n) is 7.00. The first-order valence-electron chi connectivity index (χ1n) is 10.3. The van der Waals surface area contributed by atoms with Crippen molar-refractivity contribution in [2.24, 2.45) is 4.99 Å². The van der Waals surface area contributed by atoms with Crippen LogP contribution in [0.5, 0.6) is 11.5 Å². The lowest BCUT2D eigenvalue weighted by Crippen LogP contribution is -2.33. The minimum atomic E-state index is -0.339. The van der Waals surface area contributed by atoms with Gasteiger partial charge in [0.2, 0.25) is 5.91 Å². The fraction of sp³-hybridized carbons (Fsp3) is 0.391. The predicted octanol–water partition coefficient (Wildman–Crippen LogP) is 4.78. The number of anilines is 2. The van der Waals surface area contributed by atoms with E-state index in [0.717, 1.165) is 19.6 Å². The van der Waals surface area contributed by atoms with Crippen LogP contribution in [-0.2, 0) is 4.79 Å². The van der Waals surface area contributed by atoms with Gasteiger partial charge in [-0.25, -0.2) is 4.99 Å². The number of carbonyl (C=O) groups is 1. The highest BCUT2D eigenvalue weighted by molar-refractivity contribution is 6.39. The third kappa shape index (κ3) is 8.11. The Morgan fingerprint density at radius 1 is 1.23 bits per heavy atom. The SMILES string of the molecule is C=CC(=O)Nc1cc(NC(=C)N=C/C(Cl)=C\C)c(OC)cc1OCCN1CCCCC1. The lowest BCUT2D eigenvalue weighted by Gasteiger charge is -2.26. The molecule has 0 unspecified atom stereocenters. The molecule has 1 fully saturated rings. The molecule has 0 aliphatic carbocycles. The molecule has 8 heteroatoms. The van der Waals surface area contributed by atoms with Crippen LogP contribution < -0.4 is 20.1 Å². The van der Waals surface area contributed by atoms with Gasteiger partial charge in [0.15, 0.2) is 0 Å². The van der Waals surface area contributed by atoms with Crippen LogP contribution in [0.25, 0.3) is 0 Å². The molecule has 0 spiro atoms. The van der Waals surface area contributed by atoms with Gasteiger partial charge in [-0.05, 0) is 45.0 Å². The van der Waals surface area contributed by atoms with E-state index in [0.29, 0.717) is 40.3 Å².